The van der Waals surface area contributed by atoms with Crippen molar-refractivity contribution < 1.29 is 4.79 Å². The summed E-state index contributed by atoms with van der Waals surface area (Å²) in [4.78, 5) is 17.5. The van der Waals surface area contributed by atoms with Crippen molar-refractivity contribution in [3.8, 4) is 0 Å². The number of nitrogens with zero attached hydrogens (tertiary/aromatic N) is 3. The summed E-state index contributed by atoms with van der Waals surface area (Å²) in [5.41, 5.74) is 1.62. The molecule has 0 aromatic heterocycles. The number of rotatable bonds is 3. The van der Waals surface area contributed by atoms with E-state index in [2.05, 4.69) is 10.4 Å². The lowest BCUT2D eigenvalue weighted by molar-refractivity contribution is -0.116. The van der Waals surface area contributed by atoms with Crippen LogP contribution in [0.3, 0.4) is 0 Å². The van der Waals surface area contributed by atoms with E-state index in [-0.39, 0.29) is 12.1 Å². The zero-order chi connectivity index (χ0) is 17.9. The number of hydrazone groups is 1. The molecule has 0 bridgehead atoms. The van der Waals surface area contributed by atoms with Gasteiger partial charge < -0.3 is 0 Å². The van der Waals surface area contributed by atoms with E-state index in [0.29, 0.717) is 10.9 Å². The zero-order valence-electron chi connectivity index (χ0n) is 14.3. The van der Waals surface area contributed by atoms with Gasteiger partial charge in [0.15, 0.2) is 11.3 Å². The summed E-state index contributed by atoms with van der Waals surface area (Å²) in [5, 5.41) is 11.5. The molecular formula is C20H18N4OS. The SMILES string of the molecule is CCSC1=NN2C(=c3ccccc3=N[C@@H]2/C=C/c2ccccc2)C(=O)N1. The molecule has 2 aliphatic rings. The first kappa shape index (κ1) is 16.6. The summed E-state index contributed by atoms with van der Waals surface area (Å²) in [5.74, 6) is 0.692. The van der Waals surface area contributed by atoms with E-state index in [1.807, 2.05) is 73.7 Å². The van der Waals surface area contributed by atoms with E-state index in [4.69, 9.17) is 4.99 Å². The van der Waals surface area contributed by atoms with Crippen molar-refractivity contribution in [2.75, 3.05) is 5.75 Å². The maximum Gasteiger partial charge on any atom is 0.276 e. The number of carbonyl (C=O) groups is 1. The van der Waals surface area contributed by atoms with E-state index in [1.165, 1.54) is 11.8 Å². The van der Waals surface area contributed by atoms with Crippen LogP contribution < -0.4 is 15.9 Å². The third-order valence-corrected chi connectivity index (χ3v) is 4.83. The molecule has 2 heterocycles. The van der Waals surface area contributed by atoms with Crippen LogP contribution in [0, 0.1) is 0 Å². The molecule has 0 aliphatic carbocycles. The zero-order valence-corrected chi connectivity index (χ0v) is 15.1. The molecule has 0 radical (unpaired) electrons. The van der Waals surface area contributed by atoms with E-state index < -0.39 is 0 Å². The van der Waals surface area contributed by atoms with E-state index in [1.54, 1.807) is 5.01 Å². The molecule has 2 aliphatic heterocycles. The summed E-state index contributed by atoms with van der Waals surface area (Å²) in [6.45, 7) is 2.03. The quantitative estimate of drug-likeness (QED) is 0.908. The molecular weight excluding hydrogens is 344 g/mol. The molecule has 0 spiro atoms. The van der Waals surface area contributed by atoms with Crippen LogP contribution in [0.4, 0.5) is 0 Å². The Labute approximate surface area is 155 Å². The van der Waals surface area contributed by atoms with Crippen LogP contribution in [0.15, 0.2) is 70.8 Å². The molecule has 4 rings (SSSR count). The minimum absolute atomic E-state index is 0.142. The fourth-order valence-corrected chi connectivity index (χ4v) is 3.53. The number of benzene rings is 2. The predicted molar refractivity (Wildman–Crippen MR) is 105 cm³/mol. The lowest BCUT2D eigenvalue weighted by atomic mass is 10.1. The average Bonchev–Trinajstić information content (AvgIpc) is 2.67. The van der Waals surface area contributed by atoms with Crippen LogP contribution in [0.1, 0.15) is 12.5 Å². The van der Waals surface area contributed by atoms with Crippen LogP contribution in [0.5, 0.6) is 0 Å². The van der Waals surface area contributed by atoms with Crippen molar-refractivity contribution in [1.29, 1.82) is 0 Å². The summed E-state index contributed by atoms with van der Waals surface area (Å²) in [6.07, 6.45) is 3.62. The Morgan fingerprint density at radius 2 is 1.92 bits per heavy atom. The first-order valence-corrected chi connectivity index (χ1v) is 9.47. The molecule has 2 aromatic rings. The molecule has 26 heavy (non-hydrogen) atoms. The van der Waals surface area contributed by atoms with Gasteiger partial charge in [0, 0.05) is 5.22 Å². The highest BCUT2D eigenvalue weighted by Crippen LogP contribution is 2.21. The largest absolute Gasteiger partial charge is 0.298 e. The fraction of sp³-hybridized carbons (Fsp3) is 0.150. The highest BCUT2D eigenvalue weighted by molar-refractivity contribution is 8.13. The molecule has 5 nitrogen and oxygen atoms in total. The average molecular weight is 362 g/mol. The topological polar surface area (TPSA) is 57.1 Å². The van der Waals surface area contributed by atoms with Gasteiger partial charge in [0.2, 0.25) is 0 Å². The summed E-state index contributed by atoms with van der Waals surface area (Å²) in [7, 11) is 0. The van der Waals surface area contributed by atoms with Gasteiger partial charge in [0.05, 0.1) is 5.36 Å². The first-order chi connectivity index (χ1) is 12.8. The molecule has 2 aromatic carbocycles. The molecule has 6 heteroatoms. The first-order valence-electron chi connectivity index (χ1n) is 8.48. The van der Waals surface area contributed by atoms with Crippen molar-refractivity contribution in [3.05, 3.63) is 76.8 Å². The minimum Gasteiger partial charge on any atom is -0.298 e. The summed E-state index contributed by atoms with van der Waals surface area (Å²) < 4.78 is 0. The van der Waals surface area contributed by atoms with Gasteiger partial charge in [-0.3, -0.25) is 15.1 Å². The van der Waals surface area contributed by atoms with Gasteiger partial charge in [0.25, 0.3) is 5.91 Å². The normalized spacial score (nSPS) is 18.7. The third-order valence-electron chi connectivity index (χ3n) is 4.09. The van der Waals surface area contributed by atoms with Gasteiger partial charge in [-0.25, -0.2) is 5.01 Å². The molecule has 0 saturated carbocycles. The maximum atomic E-state index is 12.7. The smallest absolute Gasteiger partial charge is 0.276 e. The number of para-hydroxylation sites is 1. The van der Waals surface area contributed by atoms with Crippen LogP contribution in [0.2, 0.25) is 0 Å². The van der Waals surface area contributed by atoms with Gasteiger partial charge in [-0.05, 0) is 23.5 Å². The number of nitrogens with one attached hydrogen (secondary N) is 1. The Morgan fingerprint density at radius 1 is 1.15 bits per heavy atom. The molecule has 0 fully saturated rings. The monoisotopic (exact) mass is 362 g/mol. The molecule has 0 saturated heterocycles. The standard InChI is InChI=1S/C20H18N4OS/c1-2-26-20-22-19(25)18-15-10-6-7-11-16(15)21-17(24(18)23-20)13-12-14-8-4-3-5-9-14/h3-13,17H,2H2,1H3,(H,22,23,25)/b13-12+/t17-/m0/s1. The number of fused-ring (bicyclic) bond motifs is 2. The Bertz CT molecular complexity index is 1010. The van der Waals surface area contributed by atoms with Crippen molar-refractivity contribution in [3.63, 3.8) is 0 Å². The fourth-order valence-electron chi connectivity index (χ4n) is 2.94. The van der Waals surface area contributed by atoms with Crippen LogP contribution in [-0.2, 0) is 4.79 Å². The van der Waals surface area contributed by atoms with Gasteiger partial charge in [-0.1, -0.05) is 73.3 Å². The number of hydrogen-bond acceptors (Lipinski definition) is 5. The van der Waals surface area contributed by atoms with Gasteiger partial charge in [-0.2, -0.15) is 0 Å². The van der Waals surface area contributed by atoms with Gasteiger partial charge in [-0.15, -0.1) is 5.10 Å². The van der Waals surface area contributed by atoms with Gasteiger partial charge >= 0.3 is 0 Å². The van der Waals surface area contributed by atoms with Gasteiger partial charge in [0.1, 0.15) is 5.70 Å². The Hall–Kier alpha value is -2.86. The van der Waals surface area contributed by atoms with Crippen molar-refractivity contribution in [1.82, 2.24) is 10.3 Å². The Kier molecular flexibility index (Phi) is 4.58. The number of amidine groups is 1. The van der Waals surface area contributed by atoms with E-state index in [9.17, 15) is 4.79 Å². The molecule has 1 atom stereocenters. The Balaban J connectivity index is 1.82. The molecule has 0 unspecified atom stereocenters. The number of thioether (sulfide) groups is 1. The van der Waals surface area contributed by atoms with Crippen LogP contribution in [0.25, 0.3) is 11.8 Å². The lowest BCUT2D eigenvalue weighted by Gasteiger charge is -2.32. The second-order valence-electron chi connectivity index (χ2n) is 5.82. The van der Waals surface area contributed by atoms with Crippen molar-refractivity contribution in [2.45, 2.75) is 13.1 Å². The highest BCUT2D eigenvalue weighted by atomic mass is 32.2. The molecule has 1 N–H and O–H groups in total. The van der Waals surface area contributed by atoms with Crippen molar-refractivity contribution in [2.24, 2.45) is 10.1 Å². The Morgan fingerprint density at radius 3 is 2.73 bits per heavy atom. The summed E-state index contributed by atoms with van der Waals surface area (Å²) in [6, 6.07) is 17.7. The third kappa shape index (κ3) is 3.15. The van der Waals surface area contributed by atoms with E-state index >= 15 is 0 Å². The van der Waals surface area contributed by atoms with Crippen LogP contribution in [-0.4, -0.2) is 28.0 Å². The molecule has 1 amide bonds. The van der Waals surface area contributed by atoms with Crippen LogP contribution >= 0.6 is 11.8 Å². The predicted octanol–water partition coefficient (Wildman–Crippen LogP) is 1.92. The minimum atomic E-state index is -0.362. The number of carbonyl (C=O) groups excluding carboxylic acids is 1. The second kappa shape index (κ2) is 7.17. The maximum absolute atomic E-state index is 12.7. The van der Waals surface area contributed by atoms with E-state index in [0.717, 1.165) is 21.9 Å². The molecule has 130 valence electrons. The number of hydrogen-bond donors (Lipinski definition) is 1. The lowest BCUT2D eigenvalue weighted by Crippen LogP contribution is -2.52. The van der Waals surface area contributed by atoms with Crippen molar-refractivity contribution >= 4 is 34.6 Å². The summed E-state index contributed by atoms with van der Waals surface area (Å²) >= 11 is 1.51. The highest BCUT2D eigenvalue weighted by Gasteiger charge is 2.32. The number of amides is 1. The second-order valence-corrected chi connectivity index (χ2v) is 7.07.